The van der Waals surface area contributed by atoms with Gasteiger partial charge in [-0.25, -0.2) is 0 Å². The molecule has 0 aromatic heterocycles. The summed E-state index contributed by atoms with van der Waals surface area (Å²) in [6.45, 7) is 0.873. The van der Waals surface area contributed by atoms with Crippen molar-refractivity contribution < 1.29 is 28.1 Å². The van der Waals surface area contributed by atoms with Gasteiger partial charge in [-0.2, -0.15) is 12.8 Å². The molecular formula is C21H22N2O6S. The summed E-state index contributed by atoms with van der Waals surface area (Å²) in [7, 11) is -2.52. The Kier molecular flexibility index (Phi) is 5.37. The second kappa shape index (κ2) is 7.84. The van der Waals surface area contributed by atoms with Crippen molar-refractivity contribution in [2.75, 3.05) is 33.4 Å². The van der Waals surface area contributed by atoms with Gasteiger partial charge in [0.25, 0.3) is 10.0 Å². The average molecular weight is 430 g/mol. The molecule has 158 valence electrons. The van der Waals surface area contributed by atoms with E-state index in [9.17, 15) is 18.6 Å². The molecule has 1 aliphatic heterocycles. The fraction of sp³-hybridized carbons (Fsp3) is 0.286. The van der Waals surface area contributed by atoms with Gasteiger partial charge in [-0.05, 0) is 30.3 Å². The van der Waals surface area contributed by atoms with Crippen LogP contribution in [0.25, 0.3) is 0 Å². The van der Waals surface area contributed by atoms with E-state index in [4.69, 9.17) is 9.47 Å². The number of methoxy groups -OCH3 is 1. The molecule has 1 atom stereocenters. The molecule has 0 radical (unpaired) electrons. The van der Waals surface area contributed by atoms with Crippen LogP contribution in [0.15, 0.2) is 69.6 Å². The van der Waals surface area contributed by atoms with E-state index >= 15 is 0 Å². The number of aliphatic hydroxyl groups is 2. The Hall–Kier alpha value is -2.72. The normalized spacial score (nSPS) is 22.3. The summed E-state index contributed by atoms with van der Waals surface area (Å²) in [4.78, 5) is 1.80. The van der Waals surface area contributed by atoms with E-state index in [1.165, 1.54) is 25.3 Å². The monoisotopic (exact) mass is 430 g/mol. The van der Waals surface area contributed by atoms with Gasteiger partial charge in [0.1, 0.15) is 5.75 Å². The summed E-state index contributed by atoms with van der Waals surface area (Å²) in [5.41, 5.74) is 1.42. The van der Waals surface area contributed by atoms with Gasteiger partial charge >= 0.3 is 0 Å². The lowest BCUT2D eigenvalue weighted by Gasteiger charge is -2.45. The smallest absolute Gasteiger partial charge is 0.282 e. The molecule has 30 heavy (non-hydrogen) atoms. The SMILES string of the molecule is COc1ccc(S(=O)(=O)/N=C2/C=C3N(CCO)CCOC3(O)c3ccccc32)cc1. The van der Waals surface area contributed by atoms with Crippen molar-refractivity contribution in [3.05, 3.63) is 71.4 Å². The second-order valence-electron chi connectivity index (χ2n) is 6.91. The van der Waals surface area contributed by atoms with Gasteiger partial charge in [-0.15, -0.1) is 0 Å². The summed E-state index contributed by atoms with van der Waals surface area (Å²) in [5, 5.41) is 20.7. The highest BCUT2D eigenvalue weighted by Gasteiger charge is 2.46. The molecule has 1 saturated heterocycles. The molecule has 8 nitrogen and oxygen atoms in total. The molecule has 2 N–H and O–H groups in total. The molecule has 2 aliphatic rings. The highest BCUT2D eigenvalue weighted by Crippen LogP contribution is 2.41. The van der Waals surface area contributed by atoms with Crippen molar-refractivity contribution >= 4 is 15.7 Å². The van der Waals surface area contributed by atoms with E-state index in [1.807, 2.05) is 0 Å². The molecule has 1 unspecified atom stereocenters. The quantitative estimate of drug-likeness (QED) is 0.735. The number of morpholine rings is 1. The fourth-order valence-corrected chi connectivity index (χ4v) is 4.68. The van der Waals surface area contributed by atoms with Gasteiger partial charge in [0, 0.05) is 24.2 Å². The van der Waals surface area contributed by atoms with Crippen LogP contribution >= 0.6 is 0 Å². The zero-order chi connectivity index (χ0) is 21.4. The first-order valence-corrected chi connectivity index (χ1v) is 10.9. The lowest BCUT2D eigenvalue weighted by Crippen LogP contribution is -2.50. The van der Waals surface area contributed by atoms with Gasteiger partial charge in [0.15, 0.2) is 0 Å². The molecule has 0 spiro atoms. The molecule has 4 rings (SSSR count). The number of hydrogen-bond donors (Lipinski definition) is 2. The predicted octanol–water partition coefficient (Wildman–Crippen LogP) is 1.24. The van der Waals surface area contributed by atoms with Gasteiger partial charge in [-0.3, -0.25) is 0 Å². The molecule has 0 amide bonds. The minimum absolute atomic E-state index is 0.0274. The van der Waals surface area contributed by atoms with E-state index in [2.05, 4.69) is 4.40 Å². The first-order chi connectivity index (χ1) is 14.4. The zero-order valence-electron chi connectivity index (χ0n) is 16.4. The van der Waals surface area contributed by atoms with Crippen molar-refractivity contribution in [3.8, 4) is 5.75 Å². The fourth-order valence-electron chi connectivity index (χ4n) is 3.68. The van der Waals surface area contributed by atoms with E-state index < -0.39 is 15.8 Å². The largest absolute Gasteiger partial charge is 0.497 e. The van der Waals surface area contributed by atoms with Crippen LogP contribution in [-0.4, -0.2) is 62.7 Å². The van der Waals surface area contributed by atoms with Crippen LogP contribution in [0.5, 0.6) is 5.75 Å². The molecule has 0 bridgehead atoms. The molecule has 1 fully saturated rings. The Morgan fingerprint density at radius 2 is 1.93 bits per heavy atom. The van der Waals surface area contributed by atoms with E-state index in [0.717, 1.165) is 0 Å². The molecule has 1 heterocycles. The Morgan fingerprint density at radius 3 is 2.63 bits per heavy atom. The van der Waals surface area contributed by atoms with Gasteiger partial charge < -0.3 is 24.6 Å². The third-order valence-corrected chi connectivity index (χ3v) is 6.45. The van der Waals surface area contributed by atoms with Crippen LogP contribution in [0.3, 0.4) is 0 Å². The summed E-state index contributed by atoms with van der Waals surface area (Å²) >= 11 is 0. The molecule has 1 aliphatic carbocycles. The number of rotatable bonds is 5. The standard InChI is InChI=1S/C21H22N2O6S/c1-28-15-6-8-16(9-7-15)30(26,27)22-19-14-20-21(25,18-5-3-2-4-17(18)19)29-13-11-23(20)10-12-24/h2-9,14,24-25H,10-13H2,1H3/b22-19-. The van der Waals surface area contributed by atoms with Crippen LogP contribution in [0, 0.1) is 0 Å². The number of ether oxygens (including phenoxy) is 2. The van der Waals surface area contributed by atoms with Crippen molar-refractivity contribution in [1.82, 2.24) is 4.90 Å². The molecule has 0 saturated carbocycles. The molecule has 9 heteroatoms. The van der Waals surface area contributed by atoms with Gasteiger partial charge in [0.2, 0.25) is 5.79 Å². The number of benzene rings is 2. The van der Waals surface area contributed by atoms with E-state index in [-0.39, 0.29) is 30.4 Å². The zero-order valence-corrected chi connectivity index (χ0v) is 17.2. The van der Waals surface area contributed by atoms with Crippen LogP contribution in [-0.2, 0) is 20.5 Å². The third kappa shape index (κ3) is 3.50. The number of hydrogen-bond acceptors (Lipinski definition) is 7. The maximum Gasteiger partial charge on any atom is 0.282 e. The number of sulfonamides is 1. The van der Waals surface area contributed by atoms with Crippen LogP contribution in [0.2, 0.25) is 0 Å². The number of aliphatic hydroxyl groups excluding tert-OH is 1. The highest BCUT2D eigenvalue weighted by molar-refractivity contribution is 7.90. The van der Waals surface area contributed by atoms with Crippen molar-refractivity contribution in [2.24, 2.45) is 4.40 Å². The summed E-state index contributed by atoms with van der Waals surface area (Å²) in [6, 6.07) is 12.8. The topological polar surface area (TPSA) is 109 Å². The molecule has 2 aromatic carbocycles. The summed E-state index contributed by atoms with van der Waals surface area (Å²) < 4.78 is 40.8. The number of allylic oxidation sites excluding steroid dienone is 1. The number of nitrogens with zero attached hydrogens (tertiary/aromatic N) is 2. The average Bonchev–Trinajstić information content (AvgIpc) is 2.75. The lowest BCUT2D eigenvalue weighted by molar-refractivity contribution is -0.219. The molecule has 2 aromatic rings. The van der Waals surface area contributed by atoms with Crippen LogP contribution in [0.1, 0.15) is 11.1 Å². The third-order valence-electron chi connectivity index (χ3n) is 5.15. The van der Waals surface area contributed by atoms with Crippen molar-refractivity contribution in [3.63, 3.8) is 0 Å². The summed E-state index contributed by atoms with van der Waals surface area (Å²) in [6.07, 6.45) is 1.51. The first kappa shape index (κ1) is 20.5. The number of fused-ring (bicyclic) bond motifs is 3. The van der Waals surface area contributed by atoms with Crippen LogP contribution in [0.4, 0.5) is 0 Å². The Labute approximate surface area is 174 Å². The Bertz CT molecular complexity index is 1110. The Balaban J connectivity index is 1.85. The van der Waals surface area contributed by atoms with Gasteiger partial charge in [0.05, 0.1) is 36.6 Å². The number of β-amino-alcohol motifs (C(OH)–C–C–N with tert-alkyl or cyclic N) is 1. The first-order valence-electron chi connectivity index (χ1n) is 9.42. The minimum atomic E-state index is -4.02. The van der Waals surface area contributed by atoms with Crippen molar-refractivity contribution in [2.45, 2.75) is 10.7 Å². The van der Waals surface area contributed by atoms with Crippen LogP contribution < -0.4 is 4.74 Å². The maximum atomic E-state index is 13.0. The second-order valence-corrected chi connectivity index (χ2v) is 8.51. The predicted molar refractivity (Wildman–Crippen MR) is 110 cm³/mol. The summed E-state index contributed by atoms with van der Waals surface area (Å²) in [5.74, 6) is -1.19. The van der Waals surface area contributed by atoms with Gasteiger partial charge in [-0.1, -0.05) is 24.3 Å². The minimum Gasteiger partial charge on any atom is -0.497 e. The maximum absolute atomic E-state index is 13.0. The lowest BCUT2D eigenvalue weighted by atomic mass is 9.86. The highest BCUT2D eigenvalue weighted by atomic mass is 32.2. The molecular weight excluding hydrogens is 408 g/mol. The van der Waals surface area contributed by atoms with E-state index in [0.29, 0.717) is 29.1 Å². The van der Waals surface area contributed by atoms with Crippen molar-refractivity contribution in [1.29, 1.82) is 0 Å². The van der Waals surface area contributed by atoms with E-state index in [1.54, 1.807) is 41.3 Å². The Morgan fingerprint density at radius 1 is 1.20 bits per heavy atom.